The molecule has 0 aromatic carbocycles. The van der Waals surface area contributed by atoms with Gasteiger partial charge < -0.3 is 10.8 Å². The molecule has 1 unspecified atom stereocenters. The van der Waals surface area contributed by atoms with E-state index in [2.05, 4.69) is 9.97 Å². The van der Waals surface area contributed by atoms with Crippen LogP contribution in [-0.2, 0) is 11.3 Å². The van der Waals surface area contributed by atoms with Crippen LogP contribution in [0.1, 0.15) is 17.9 Å². The van der Waals surface area contributed by atoms with Gasteiger partial charge in [0.1, 0.15) is 16.5 Å². The van der Waals surface area contributed by atoms with Gasteiger partial charge in [-0.15, -0.1) is 0 Å². The van der Waals surface area contributed by atoms with E-state index in [0.717, 1.165) is 5.69 Å². The molecule has 0 bridgehead atoms. The van der Waals surface area contributed by atoms with E-state index in [1.54, 1.807) is 6.07 Å². The Hall–Kier alpha value is -1.24. The standard InChI is InChI=1S/C11H15ClN4O2/c1-7-4-8(12)15-9(14-7)5-16-3-2-11(13,6-16)10(17)18/h4H,2-3,5-6,13H2,1H3,(H,17,18). The first kappa shape index (κ1) is 13.2. The molecule has 3 N–H and O–H groups in total. The van der Waals surface area contributed by atoms with E-state index < -0.39 is 11.5 Å². The Bertz CT molecular complexity index is 462. The van der Waals surface area contributed by atoms with Crippen molar-refractivity contribution in [3.05, 3.63) is 22.7 Å². The van der Waals surface area contributed by atoms with Crippen molar-refractivity contribution < 1.29 is 9.90 Å². The van der Waals surface area contributed by atoms with Crippen LogP contribution in [0.15, 0.2) is 6.07 Å². The molecule has 0 saturated carbocycles. The van der Waals surface area contributed by atoms with E-state index in [0.29, 0.717) is 37.0 Å². The summed E-state index contributed by atoms with van der Waals surface area (Å²) in [5.74, 6) is -0.372. The third-order valence-corrected chi connectivity index (χ3v) is 3.23. The molecule has 1 atom stereocenters. The molecule has 0 radical (unpaired) electrons. The number of carboxylic acids is 1. The molecule has 1 aromatic rings. The lowest BCUT2D eigenvalue weighted by Gasteiger charge is -2.19. The lowest BCUT2D eigenvalue weighted by atomic mass is 10.0. The second-order valence-electron chi connectivity index (χ2n) is 4.67. The SMILES string of the molecule is Cc1cc(Cl)nc(CN2CCC(N)(C(=O)O)C2)n1. The van der Waals surface area contributed by atoms with Crippen LogP contribution in [0.25, 0.3) is 0 Å². The van der Waals surface area contributed by atoms with Crippen molar-refractivity contribution in [2.24, 2.45) is 5.73 Å². The summed E-state index contributed by atoms with van der Waals surface area (Å²) in [7, 11) is 0. The number of hydrogen-bond acceptors (Lipinski definition) is 5. The Kier molecular flexibility index (Phi) is 3.52. The van der Waals surface area contributed by atoms with Crippen LogP contribution in [0, 0.1) is 6.92 Å². The van der Waals surface area contributed by atoms with Crippen LogP contribution in [0.5, 0.6) is 0 Å². The fourth-order valence-electron chi connectivity index (χ4n) is 2.08. The van der Waals surface area contributed by atoms with Gasteiger partial charge in [0.05, 0.1) is 6.54 Å². The van der Waals surface area contributed by atoms with E-state index in [9.17, 15) is 4.79 Å². The van der Waals surface area contributed by atoms with Crippen molar-refractivity contribution in [2.75, 3.05) is 13.1 Å². The molecular formula is C11H15ClN4O2. The molecular weight excluding hydrogens is 256 g/mol. The van der Waals surface area contributed by atoms with Gasteiger partial charge in [-0.2, -0.15) is 0 Å². The number of halogens is 1. The number of hydrogen-bond donors (Lipinski definition) is 2. The molecule has 2 heterocycles. The van der Waals surface area contributed by atoms with Gasteiger partial charge in [-0.1, -0.05) is 11.6 Å². The molecule has 2 rings (SSSR count). The number of likely N-dealkylation sites (tertiary alicyclic amines) is 1. The first-order valence-corrected chi connectivity index (χ1v) is 6.01. The van der Waals surface area contributed by atoms with E-state index in [-0.39, 0.29) is 0 Å². The molecule has 1 fully saturated rings. The topological polar surface area (TPSA) is 92.3 Å². The molecule has 0 aliphatic carbocycles. The predicted octanol–water partition coefficient (Wildman–Crippen LogP) is 0.426. The third kappa shape index (κ3) is 2.77. The number of nitrogens with two attached hydrogens (primary N) is 1. The molecule has 1 aliphatic heterocycles. The predicted molar refractivity (Wildman–Crippen MR) is 66.2 cm³/mol. The van der Waals surface area contributed by atoms with Gasteiger partial charge in [0, 0.05) is 18.8 Å². The molecule has 1 aliphatic rings. The van der Waals surface area contributed by atoms with Crippen molar-refractivity contribution in [1.82, 2.24) is 14.9 Å². The van der Waals surface area contributed by atoms with E-state index in [1.807, 2.05) is 11.8 Å². The van der Waals surface area contributed by atoms with E-state index in [1.165, 1.54) is 0 Å². The first-order chi connectivity index (χ1) is 8.39. The maximum atomic E-state index is 11.0. The van der Waals surface area contributed by atoms with Crippen LogP contribution in [0.2, 0.25) is 5.15 Å². The summed E-state index contributed by atoms with van der Waals surface area (Å²) in [5.41, 5.74) is 5.43. The number of aliphatic carboxylic acids is 1. The van der Waals surface area contributed by atoms with Crippen LogP contribution >= 0.6 is 11.6 Å². The van der Waals surface area contributed by atoms with E-state index >= 15 is 0 Å². The van der Waals surface area contributed by atoms with Crippen molar-refractivity contribution in [3.8, 4) is 0 Å². The molecule has 1 aromatic heterocycles. The Morgan fingerprint density at radius 3 is 2.94 bits per heavy atom. The number of aromatic nitrogens is 2. The van der Waals surface area contributed by atoms with Crippen molar-refractivity contribution in [2.45, 2.75) is 25.4 Å². The second-order valence-corrected chi connectivity index (χ2v) is 5.06. The highest BCUT2D eigenvalue weighted by atomic mass is 35.5. The molecule has 1 saturated heterocycles. The fourth-order valence-corrected chi connectivity index (χ4v) is 2.34. The summed E-state index contributed by atoms with van der Waals surface area (Å²) in [6.45, 7) is 3.23. The van der Waals surface area contributed by atoms with Crippen molar-refractivity contribution >= 4 is 17.6 Å². The Morgan fingerprint density at radius 1 is 1.67 bits per heavy atom. The summed E-state index contributed by atoms with van der Waals surface area (Å²) in [6, 6.07) is 1.68. The van der Waals surface area contributed by atoms with Gasteiger partial charge in [0.25, 0.3) is 0 Å². The lowest BCUT2D eigenvalue weighted by molar-refractivity contribution is -0.142. The van der Waals surface area contributed by atoms with Gasteiger partial charge in [0.2, 0.25) is 0 Å². The molecule has 18 heavy (non-hydrogen) atoms. The monoisotopic (exact) mass is 270 g/mol. The highest BCUT2D eigenvalue weighted by Crippen LogP contribution is 2.20. The normalized spacial score (nSPS) is 24.4. The summed E-state index contributed by atoms with van der Waals surface area (Å²) < 4.78 is 0. The van der Waals surface area contributed by atoms with Gasteiger partial charge in [-0.25, -0.2) is 9.97 Å². The zero-order chi connectivity index (χ0) is 13.3. The highest BCUT2D eigenvalue weighted by molar-refractivity contribution is 6.29. The van der Waals surface area contributed by atoms with Crippen LogP contribution in [0.4, 0.5) is 0 Å². The summed E-state index contributed by atoms with van der Waals surface area (Å²) in [5, 5.41) is 9.44. The highest BCUT2D eigenvalue weighted by Gasteiger charge is 2.41. The Balaban J connectivity index is 2.06. The van der Waals surface area contributed by atoms with Gasteiger partial charge in [-0.3, -0.25) is 9.69 Å². The maximum Gasteiger partial charge on any atom is 0.325 e. The maximum absolute atomic E-state index is 11.0. The zero-order valence-corrected chi connectivity index (χ0v) is 10.8. The number of carboxylic acid groups (broad SMARTS) is 1. The number of carbonyl (C=O) groups is 1. The minimum absolute atomic E-state index is 0.303. The van der Waals surface area contributed by atoms with Gasteiger partial charge in [0.15, 0.2) is 0 Å². The number of nitrogens with zero attached hydrogens (tertiary/aromatic N) is 3. The van der Waals surface area contributed by atoms with E-state index in [4.69, 9.17) is 22.4 Å². The molecule has 7 heteroatoms. The molecule has 98 valence electrons. The zero-order valence-electron chi connectivity index (χ0n) is 10.1. The minimum atomic E-state index is -1.16. The van der Waals surface area contributed by atoms with Crippen LogP contribution < -0.4 is 5.73 Å². The number of aryl methyl sites for hydroxylation is 1. The Labute approximate surface area is 110 Å². The fraction of sp³-hybridized carbons (Fsp3) is 0.545. The van der Waals surface area contributed by atoms with Gasteiger partial charge >= 0.3 is 5.97 Å². The average Bonchev–Trinajstić information content (AvgIpc) is 2.60. The smallest absolute Gasteiger partial charge is 0.325 e. The summed E-state index contributed by atoms with van der Waals surface area (Å²) in [6.07, 6.45) is 0.432. The van der Waals surface area contributed by atoms with Crippen molar-refractivity contribution in [3.63, 3.8) is 0 Å². The molecule has 6 nitrogen and oxygen atoms in total. The average molecular weight is 271 g/mol. The summed E-state index contributed by atoms with van der Waals surface area (Å²) in [4.78, 5) is 21.3. The third-order valence-electron chi connectivity index (χ3n) is 3.04. The quantitative estimate of drug-likeness (QED) is 0.774. The summed E-state index contributed by atoms with van der Waals surface area (Å²) >= 11 is 5.85. The Morgan fingerprint density at radius 2 is 2.39 bits per heavy atom. The second kappa shape index (κ2) is 4.79. The van der Waals surface area contributed by atoms with Gasteiger partial charge in [-0.05, 0) is 19.4 Å². The largest absolute Gasteiger partial charge is 0.480 e. The lowest BCUT2D eigenvalue weighted by Crippen LogP contribution is -2.50. The molecule has 0 spiro atoms. The van der Waals surface area contributed by atoms with Crippen molar-refractivity contribution in [1.29, 1.82) is 0 Å². The first-order valence-electron chi connectivity index (χ1n) is 5.64. The van der Waals surface area contributed by atoms with Crippen LogP contribution in [-0.4, -0.2) is 44.6 Å². The van der Waals surface area contributed by atoms with Crippen LogP contribution in [0.3, 0.4) is 0 Å². The number of rotatable bonds is 3. The molecule has 0 amide bonds. The minimum Gasteiger partial charge on any atom is -0.480 e.